The van der Waals surface area contributed by atoms with Crippen LogP contribution in [0.15, 0.2) is 11.2 Å². The highest BCUT2D eigenvalue weighted by atomic mass is 32.2. The number of nitrogens with zero attached hydrogens (tertiary/aromatic N) is 1. The Balaban J connectivity index is 2.93. The Labute approximate surface area is 99.3 Å². The Morgan fingerprint density at radius 3 is 2.47 bits per heavy atom. The molecule has 1 rings (SSSR count). The van der Waals surface area contributed by atoms with Crippen molar-refractivity contribution in [3.05, 3.63) is 12.0 Å². The van der Waals surface area contributed by atoms with Crippen molar-refractivity contribution in [3.8, 4) is 0 Å². The minimum atomic E-state index is -3.87. The topological polar surface area (TPSA) is 112 Å². The first kappa shape index (κ1) is 13.7. The number of H-pyrrole nitrogens is 1. The van der Waals surface area contributed by atoms with Gasteiger partial charge in [0.15, 0.2) is 5.03 Å². The van der Waals surface area contributed by atoms with Gasteiger partial charge in [0, 0.05) is 5.92 Å². The molecule has 0 bridgehead atoms. The normalized spacial score (nSPS) is 13.9. The van der Waals surface area contributed by atoms with E-state index < -0.39 is 22.0 Å². The van der Waals surface area contributed by atoms with Crippen LogP contribution in [0.4, 0.5) is 0 Å². The number of aromatic nitrogens is 2. The van der Waals surface area contributed by atoms with Crippen LogP contribution in [0.1, 0.15) is 32.5 Å². The molecule has 1 heterocycles. The molecule has 0 aliphatic carbocycles. The third-order valence-corrected chi connectivity index (χ3v) is 3.56. The van der Waals surface area contributed by atoms with Crippen molar-refractivity contribution in [1.82, 2.24) is 14.7 Å². The largest absolute Gasteiger partial charge is 0.480 e. The highest BCUT2D eigenvalue weighted by Gasteiger charge is 2.23. The maximum Gasteiger partial charge on any atom is 0.321 e. The molecule has 8 heteroatoms. The van der Waals surface area contributed by atoms with Crippen molar-refractivity contribution in [3.63, 3.8) is 0 Å². The van der Waals surface area contributed by atoms with E-state index in [1.165, 1.54) is 13.1 Å². The Kier molecular flexibility index (Phi) is 3.89. The molecule has 1 atom stereocenters. The molecule has 7 nitrogen and oxygen atoms in total. The average Bonchev–Trinajstić information content (AvgIpc) is 2.65. The third-order valence-electron chi connectivity index (χ3n) is 2.11. The first-order chi connectivity index (χ1) is 7.74. The smallest absolute Gasteiger partial charge is 0.321 e. The predicted molar refractivity (Wildman–Crippen MR) is 60.1 cm³/mol. The molecule has 0 saturated heterocycles. The number of nitrogens with one attached hydrogen (secondary N) is 2. The SMILES string of the molecule is CC(C)c1ncc(S(=O)(=O)N[C@H](C)C(=O)O)[nH]1. The van der Waals surface area contributed by atoms with E-state index >= 15 is 0 Å². The molecule has 0 saturated carbocycles. The van der Waals surface area contributed by atoms with Crippen molar-refractivity contribution < 1.29 is 18.3 Å². The van der Waals surface area contributed by atoms with Crippen LogP contribution >= 0.6 is 0 Å². The number of aliphatic carboxylic acids is 1. The lowest BCUT2D eigenvalue weighted by atomic mass is 10.2. The lowest BCUT2D eigenvalue weighted by molar-refractivity contribution is -0.138. The predicted octanol–water partition coefficient (Wildman–Crippen LogP) is 0.284. The first-order valence-corrected chi connectivity index (χ1v) is 6.52. The van der Waals surface area contributed by atoms with Crippen molar-refractivity contribution in [2.45, 2.75) is 37.8 Å². The van der Waals surface area contributed by atoms with E-state index in [1.54, 1.807) is 0 Å². The number of sulfonamides is 1. The number of carboxylic acid groups (broad SMARTS) is 1. The molecule has 1 aromatic heterocycles. The second kappa shape index (κ2) is 4.84. The molecule has 0 aliphatic heterocycles. The second-order valence-corrected chi connectivity index (χ2v) is 5.65. The minimum Gasteiger partial charge on any atom is -0.480 e. The summed E-state index contributed by atoms with van der Waals surface area (Å²) in [6.07, 6.45) is 1.17. The number of carboxylic acids is 1. The highest BCUT2D eigenvalue weighted by molar-refractivity contribution is 7.89. The summed E-state index contributed by atoms with van der Waals surface area (Å²) in [7, 11) is -3.87. The Morgan fingerprint density at radius 1 is 1.47 bits per heavy atom. The van der Waals surface area contributed by atoms with Gasteiger partial charge in [-0.1, -0.05) is 13.8 Å². The zero-order chi connectivity index (χ0) is 13.2. The van der Waals surface area contributed by atoms with Gasteiger partial charge >= 0.3 is 5.97 Å². The van der Waals surface area contributed by atoms with Crippen molar-refractivity contribution in [2.75, 3.05) is 0 Å². The molecule has 0 spiro atoms. The van der Waals surface area contributed by atoms with Crippen LogP contribution in [0.2, 0.25) is 0 Å². The van der Waals surface area contributed by atoms with E-state index in [1.807, 2.05) is 18.6 Å². The highest BCUT2D eigenvalue weighted by Crippen LogP contribution is 2.13. The van der Waals surface area contributed by atoms with Gasteiger partial charge in [-0.3, -0.25) is 4.79 Å². The number of hydrogen-bond donors (Lipinski definition) is 3. The van der Waals surface area contributed by atoms with Gasteiger partial charge in [-0.15, -0.1) is 0 Å². The number of rotatable bonds is 5. The fourth-order valence-corrected chi connectivity index (χ4v) is 2.22. The summed E-state index contributed by atoms with van der Waals surface area (Å²) in [5.41, 5.74) is 0. The third kappa shape index (κ3) is 3.27. The van der Waals surface area contributed by atoms with Crippen LogP contribution in [0.25, 0.3) is 0 Å². The molecule has 1 aromatic rings. The molecular weight excluding hydrogens is 246 g/mol. The molecule has 96 valence electrons. The summed E-state index contributed by atoms with van der Waals surface area (Å²) in [6.45, 7) is 4.98. The van der Waals surface area contributed by atoms with Gasteiger partial charge in [-0.25, -0.2) is 13.4 Å². The van der Waals surface area contributed by atoms with Gasteiger partial charge in [-0.05, 0) is 6.92 Å². The van der Waals surface area contributed by atoms with E-state index in [4.69, 9.17) is 5.11 Å². The Bertz CT molecular complexity index is 506. The summed E-state index contributed by atoms with van der Waals surface area (Å²) >= 11 is 0. The standard InChI is InChI=1S/C9H15N3O4S/c1-5(2)8-10-4-7(11-8)17(15,16)12-6(3)9(13)14/h4-6,12H,1-3H3,(H,10,11)(H,13,14)/t6-/m1/s1. The van der Waals surface area contributed by atoms with Crippen molar-refractivity contribution in [2.24, 2.45) is 0 Å². The molecule has 17 heavy (non-hydrogen) atoms. The van der Waals surface area contributed by atoms with Crippen LogP contribution in [0.5, 0.6) is 0 Å². The maximum atomic E-state index is 11.7. The van der Waals surface area contributed by atoms with Crippen LogP contribution < -0.4 is 4.72 Å². The molecule has 0 aliphatic rings. The van der Waals surface area contributed by atoms with Crippen LogP contribution in [0.3, 0.4) is 0 Å². The molecule has 0 radical (unpaired) electrons. The van der Waals surface area contributed by atoms with Gasteiger partial charge in [0.05, 0.1) is 6.20 Å². The van der Waals surface area contributed by atoms with Crippen LogP contribution in [-0.4, -0.2) is 35.5 Å². The number of carbonyl (C=O) groups is 1. The average molecular weight is 261 g/mol. The molecule has 0 fully saturated rings. The van der Waals surface area contributed by atoms with Gasteiger partial charge < -0.3 is 10.1 Å². The zero-order valence-electron chi connectivity index (χ0n) is 9.76. The second-order valence-electron chi connectivity index (χ2n) is 3.97. The minimum absolute atomic E-state index is 0.0656. The van der Waals surface area contributed by atoms with E-state index in [2.05, 4.69) is 9.97 Å². The quantitative estimate of drug-likeness (QED) is 0.705. The molecule has 3 N–H and O–H groups in total. The van der Waals surface area contributed by atoms with Crippen LogP contribution in [-0.2, 0) is 14.8 Å². The zero-order valence-corrected chi connectivity index (χ0v) is 10.6. The van der Waals surface area contributed by atoms with E-state index in [-0.39, 0.29) is 10.9 Å². The van der Waals surface area contributed by atoms with Gasteiger partial charge in [0.25, 0.3) is 10.0 Å². The summed E-state index contributed by atoms with van der Waals surface area (Å²) in [6, 6.07) is -1.19. The molecule has 0 aromatic carbocycles. The van der Waals surface area contributed by atoms with E-state index in [0.717, 1.165) is 0 Å². The summed E-state index contributed by atoms with van der Waals surface area (Å²) in [5, 5.41) is 8.50. The monoisotopic (exact) mass is 261 g/mol. The summed E-state index contributed by atoms with van der Waals surface area (Å²) < 4.78 is 25.5. The number of aromatic amines is 1. The van der Waals surface area contributed by atoms with Gasteiger partial charge in [0.1, 0.15) is 11.9 Å². The molecular formula is C9H15N3O4S. The van der Waals surface area contributed by atoms with E-state index in [0.29, 0.717) is 5.82 Å². The Morgan fingerprint density at radius 2 is 2.06 bits per heavy atom. The van der Waals surface area contributed by atoms with Gasteiger partial charge in [0.2, 0.25) is 0 Å². The van der Waals surface area contributed by atoms with Crippen molar-refractivity contribution >= 4 is 16.0 Å². The van der Waals surface area contributed by atoms with Crippen LogP contribution in [0, 0.1) is 0 Å². The van der Waals surface area contributed by atoms with Gasteiger partial charge in [-0.2, -0.15) is 4.72 Å². The summed E-state index contributed by atoms with van der Waals surface area (Å²) in [5.74, 6) is -0.638. The number of imidazole rings is 1. The summed E-state index contributed by atoms with van der Waals surface area (Å²) in [4.78, 5) is 17.1. The maximum absolute atomic E-state index is 11.7. The van der Waals surface area contributed by atoms with Crippen molar-refractivity contribution in [1.29, 1.82) is 0 Å². The first-order valence-electron chi connectivity index (χ1n) is 5.04. The lowest BCUT2D eigenvalue weighted by Gasteiger charge is -2.08. The lowest BCUT2D eigenvalue weighted by Crippen LogP contribution is -2.38. The van der Waals surface area contributed by atoms with E-state index in [9.17, 15) is 13.2 Å². The fraction of sp³-hybridized carbons (Fsp3) is 0.556. The Hall–Kier alpha value is -1.41. The fourth-order valence-electron chi connectivity index (χ4n) is 1.10. The number of hydrogen-bond acceptors (Lipinski definition) is 4. The molecule has 0 amide bonds. The molecule has 0 unspecified atom stereocenters.